The lowest BCUT2D eigenvalue weighted by molar-refractivity contribution is -0.160. The zero-order chi connectivity index (χ0) is 16.2. The van der Waals surface area contributed by atoms with Gasteiger partial charge in [0.15, 0.2) is 0 Å². The number of hydrogen-bond acceptors (Lipinski definition) is 3. The molecule has 2 rings (SSSR count). The molecule has 1 aromatic rings. The number of rotatable bonds is 4. The van der Waals surface area contributed by atoms with Gasteiger partial charge in [-0.2, -0.15) is 0 Å². The molecule has 0 N–H and O–H groups in total. The first-order valence-corrected chi connectivity index (χ1v) is 7.64. The molecule has 1 amide bonds. The Hall–Kier alpha value is -1.91. The molecule has 120 valence electrons. The molecule has 1 atom stereocenters. The Morgan fingerprint density at radius 1 is 1.32 bits per heavy atom. The largest absolute Gasteiger partial charge is 0.466 e. The van der Waals surface area contributed by atoms with Gasteiger partial charge < -0.3 is 9.64 Å². The van der Waals surface area contributed by atoms with Crippen LogP contribution in [0.5, 0.6) is 0 Å². The van der Waals surface area contributed by atoms with Gasteiger partial charge in [0, 0.05) is 20.0 Å². The summed E-state index contributed by atoms with van der Waals surface area (Å²) in [7, 11) is 0. The zero-order valence-corrected chi connectivity index (χ0v) is 13.1. The summed E-state index contributed by atoms with van der Waals surface area (Å²) >= 11 is 0. The number of amides is 1. The summed E-state index contributed by atoms with van der Waals surface area (Å²) in [6, 6.07) is 6.14. The fourth-order valence-corrected chi connectivity index (χ4v) is 3.06. The second kappa shape index (κ2) is 6.90. The predicted molar refractivity (Wildman–Crippen MR) is 80.7 cm³/mol. The fraction of sp³-hybridized carbons (Fsp3) is 0.529. The third-order valence-corrected chi connectivity index (χ3v) is 4.19. The topological polar surface area (TPSA) is 46.6 Å². The molecule has 0 bridgehead atoms. The zero-order valence-electron chi connectivity index (χ0n) is 13.1. The summed E-state index contributed by atoms with van der Waals surface area (Å²) in [6.07, 6.45) is 1.89. The quantitative estimate of drug-likeness (QED) is 0.803. The summed E-state index contributed by atoms with van der Waals surface area (Å²) in [5.41, 5.74) is 0.137. The summed E-state index contributed by atoms with van der Waals surface area (Å²) in [5.74, 6) is -0.610. The summed E-state index contributed by atoms with van der Waals surface area (Å²) in [5, 5.41) is 0. The van der Waals surface area contributed by atoms with Gasteiger partial charge in [-0.3, -0.25) is 9.59 Å². The van der Waals surface area contributed by atoms with E-state index in [0.29, 0.717) is 32.5 Å². The average molecular weight is 307 g/mol. The van der Waals surface area contributed by atoms with Gasteiger partial charge in [-0.05, 0) is 43.9 Å². The number of nitrogens with zero attached hydrogens (tertiary/aromatic N) is 1. The van der Waals surface area contributed by atoms with E-state index in [0.717, 1.165) is 12.0 Å². The molecule has 4 nitrogen and oxygen atoms in total. The normalized spacial score (nSPS) is 21.5. The van der Waals surface area contributed by atoms with Crippen molar-refractivity contribution in [1.29, 1.82) is 0 Å². The number of ether oxygens (including phenoxy) is 1. The highest BCUT2D eigenvalue weighted by atomic mass is 19.1. The third-order valence-electron chi connectivity index (χ3n) is 4.19. The van der Waals surface area contributed by atoms with Crippen LogP contribution in [-0.4, -0.2) is 36.5 Å². The van der Waals surface area contributed by atoms with Crippen molar-refractivity contribution in [2.24, 2.45) is 5.41 Å². The molecule has 0 radical (unpaired) electrons. The number of piperidine rings is 1. The maximum atomic E-state index is 13.1. The molecule has 1 aliphatic heterocycles. The van der Waals surface area contributed by atoms with Crippen molar-refractivity contribution in [3.05, 3.63) is 35.6 Å². The van der Waals surface area contributed by atoms with E-state index >= 15 is 0 Å². The maximum absolute atomic E-state index is 13.1. The van der Waals surface area contributed by atoms with Gasteiger partial charge in [-0.1, -0.05) is 12.1 Å². The van der Waals surface area contributed by atoms with Crippen molar-refractivity contribution in [3.8, 4) is 0 Å². The van der Waals surface area contributed by atoms with Crippen molar-refractivity contribution in [2.75, 3.05) is 19.7 Å². The first kappa shape index (κ1) is 16.5. The SMILES string of the molecule is CCOC(=O)C1(Cc2ccc(F)cc2)CCCN(C(C)=O)C1. The molecule has 1 aromatic carbocycles. The van der Waals surface area contributed by atoms with E-state index in [1.165, 1.54) is 19.1 Å². The Balaban J connectivity index is 2.26. The Bertz CT molecular complexity index is 543. The van der Waals surface area contributed by atoms with E-state index < -0.39 is 5.41 Å². The minimum Gasteiger partial charge on any atom is -0.466 e. The molecule has 0 aliphatic carbocycles. The van der Waals surface area contributed by atoms with Crippen molar-refractivity contribution in [2.45, 2.75) is 33.1 Å². The number of esters is 1. The molecule has 0 spiro atoms. The lowest BCUT2D eigenvalue weighted by atomic mass is 9.75. The summed E-state index contributed by atoms with van der Waals surface area (Å²) < 4.78 is 18.3. The lowest BCUT2D eigenvalue weighted by Gasteiger charge is -2.40. The first-order valence-electron chi connectivity index (χ1n) is 7.64. The molecule has 0 aromatic heterocycles. The van der Waals surface area contributed by atoms with Crippen LogP contribution in [0.15, 0.2) is 24.3 Å². The van der Waals surface area contributed by atoms with E-state index in [1.54, 1.807) is 24.0 Å². The second-order valence-corrected chi connectivity index (χ2v) is 5.85. The number of hydrogen-bond donors (Lipinski definition) is 0. The number of halogens is 1. The molecule has 1 saturated heterocycles. The van der Waals surface area contributed by atoms with Crippen LogP contribution in [0, 0.1) is 11.2 Å². The summed E-state index contributed by atoms with van der Waals surface area (Å²) in [6.45, 7) is 4.62. The van der Waals surface area contributed by atoms with E-state index in [-0.39, 0.29) is 17.7 Å². The molecule has 0 saturated carbocycles. The fourth-order valence-electron chi connectivity index (χ4n) is 3.06. The Labute approximate surface area is 130 Å². The smallest absolute Gasteiger partial charge is 0.314 e. The van der Waals surface area contributed by atoms with Crippen LogP contribution in [0.2, 0.25) is 0 Å². The molecule has 1 aliphatic rings. The van der Waals surface area contributed by atoms with Gasteiger partial charge in [0.1, 0.15) is 5.82 Å². The van der Waals surface area contributed by atoms with Gasteiger partial charge in [-0.15, -0.1) is 0 Å². The van der Waals surface area contributed by atoms with E-state index in [1.807, 2.05) is 0 Å². The van der Waals surface area contributed by atoms with Crippen LogP contribution < -0.4 is 0 Å². The predicted octanol–water partition coefficient (Wildman–Crippen LogP) is 2.56. The number of carbonyl (C=O) groups excluding carboxylic acids is 2. The molecular weight excluding hydrogens is 285 g/mol. The molecule has 22 heavy (non-hydrogen) atoms. The first-order chi connectivity index (χ1) is 10.5. The van der Waals surface area contributed by atoms with Gasteiger partial charge in [0.2, 0.25) is 5.91 Å². The molecule has 1 heterocycles. The van der Waals surface area contributed by atoms with Crippen LogP contribution in [-0.2, 0) is 20.7 Å². The number of carbonyl (C=O) groups is 2. The minimum absolute atomic E-state index is 0.0347. The van der Waals surface area contributed by atoms with Crippen molar-refractivity contribution < 1.29 is 18.7 Å². The van der Waals surface area contributed by atoms with E-state index in [9.17, 15) is 14.0 Å². The number of likely N-dealkylation sites (tertiary alicyclic amines) is 1. The minimum atomic E-state index is -0.738. The Kier molecular flexibility index (Phi) is 5.16. The Morgan fingerprint density at radius 2 is 2.00 bits per heavy atom. The van der Waals surface area contributed by atoms with Gasteiger partial charge in [-0.25, -0.2) is 4.39 Å². The average Bonchev–Trinajstić information content (AvgIpc) is 2.50. The van der Waals surface area contributed by atoms with Crippen LogP contribution in [0.1, 0.15) is 32.3 Å². The van der Waals surface area contributed by atoms with Gasteiger partial charge in [0.05, 0.1) is 12.0 Å². The van der Waals surface area contributed by atoms with Crippen LogP contribution >= 0.6 is 0 Å². The van der Waals surface area contributed by atoms with Crippen LogP contribution in [0.3, 0.4) is 0 Å². The van der Waals surface area contributed by atoms with Crippen molar-refractivity contribution in [1.82, 2.24) is 4.90 Å². The maximum Gasteiger partial charge on any atom is 0.314 e. The van der Waals surface area contributed by atoms with Crippen molar-refractivity contribution in [3.63, 3.8) is 0 Å². The highest BCUT2D eigenvalue weighted by molar-refractivity contribution is 5.80. The highest BCUT2D eigenvalue weighted by Crippen LogP contribution is 2.35. The number of benzene rings is 1. The van der Waals surface area contributed by atoms with Gasteiger partial charge in [0.25, 0.3) is 0 Å². The summed E-state index contributed by atoms with van der Waals surface area (Å²) in [4.78, 5) is 25.9. The monoisotopic (exact) mass is 307 g/mol. The van der Waals surface area contributed by atoms with E-state index in [4.69, 9.17) is 4.74 Å². The second-order valence-electron chi connectivity index (χ2n) is 5.85. The molecule has 5 heteroatoms. The third kappa shape index (κ3) is 3.64. The van der Waals surface area contributed by atoms with Crippen molar-refractivity contribution >= 4 is 11.9 Å². The van der Waals surface area contributed by atoms with Crippen LogP contribution in [0.4, 0.5) is 4.39 Å². The molecule has 1 unspecified atom stereocenters. The Morgan fingerprint density at radius 3 is 2.59 bits per heavy atom. The van der Waals surface area contributed by atoms with Gasteiger partial charge >= 0.3 is 5.97 Å². The standard InChI is InChI=1S/C17H22FNO3/c1-3-22-16(21)17(9-4-10-19(12-17)13(2)20)11-14-5-7-15(18)8-6-14/h5-8H,3-4,9-12H2,1-2H3. The molecule has 1 fully saturated rings. The highest BCUT2D eigenvalue weighted by Gasteiger charge is 2.44. The van der Waals surface area contributed by atoms with Crippen LogP contribution in [0.25, 0.3) is 0 Å². The molecular formula is C17H22FNO3. The van der Waals surface area contributed by atoms with E-state index in [2.05, 4.69) is 0 Å². The lowest BCUT2D eigenvalue weighted by Crippen LogP contribution is -2.51.